The summed E-state index contributed by atoms with van der Waals surface area (Å²) in [6.45, 7) is 2.79. The van der Waals surface area contributed by atoms with Crippen molar-refractivity contribution in [1.29, 1.82) is 0 Å². The standard InChI is InChI=1S/C16H26N4O4S/c1-25(22,23)18-11-14-2-9-24-16(10-14)3-6-20(7-4-16)15(21)12-19-8-5-17-13-19/h5,8,13-14,18H,2-4,6-7,9-12H2,1H3. The number of sulfonamides is 1. The van der Waals surface area contributed by atoms with Crippen LogP contribution in [0.15, 0.2) is 18.7 Å². The summed E-state index contributed by atoms with van der Waals surface area (Å²) < 4.78 is 33.0. The van der Waals surface area contributed by atoms with E-state index < -0.39 is 10.0 Å². The fraction of sp³-hybridized carbons (Fsp3) is 0.750. The fourth-order valence-electron chi connectivity index (χ4n) is 3.72. The highest BCUT2D eigenvalue weighted by molar-refractivity contribution is 7.88. The van der Waals surface area contributed by atoms with Gasteiger partial charge in [-0.25, -0.2) is 18.1 Å². The number of carbonyl (C=O) groups excluding carboxylic acids is 1. The molecule has 1 atom stereocenters. The predicted octanol–water partition coefficient (Wildman–Crippen LogP) is 0.220. The van der Waals surface area contributed by atoms with Gasteiger partial charge in [0.1, 0.15) is 6.54 Å². The van der Waals surface area contributed by atoms with Crippen LogP contribution in [-0.2, 0) is 26.1 Å². The molecule has 140 valence electrons. The summed E-state index contributed by atoms with van der Waals surface area (Å²) in [4.78, 5) is 18.2. The Kier molecular flexibility index (Phi) is 5.45. The maximum atomic E-state index is 12.4. The molecule has 8 nitrogen and oxygen atoms in total. The van der Waals surface area contributed by atoms with Crippen molar-refractivity contribution >= 4 is 15.9 Å². The number of piperidine rings is 1. The second kappa shape index (κ2) is 7.43. The van der Waals surface area contributed by atoms with Gasteiger partial charge < -0.3 is 14.2 Å². The maximum Gasteiger partial charge on any atom is 0.242 e. The van der Waals surface area contributed by atoms with Crippen LogP contribution >= 0.6 is 0 Å². The van der Waals surface area contributed by atoms with Crippen LogP contribution in [0.25, 0.3) is 0 Å². The van der Waals surface area contributed by atoms with Crippen molar-refractivity contribution in [2.45, 2.75) is 37.8 Å². The number of nitrogens with zero attached hydrogens (tertiary/aromatic N) is 3. The zero-order valence-electron chi connectivity index (χ0n) is 14.6. The van der Waals surface area contributed by atoms with Crippen LogP contribution in [0.4, 0.5) is 0 Å². The van der Waals surface area contributed by atoms with Gasteiger partial charge in [0.15, 0.2) is 0 Å². The van der Waals surface area contributed by atoms with Crippen molar-refractivity contribution in [2.75, 3.05) is 32.5 Å². The molecule has 1 amide bonds. The van der Waals surface area contributed by atoms with Gasteiger partial charge in [0.2, 0.25) is 15.9 Å². The van der Waals surface area contributed by atoms with Gasteiger partial charge in [0, 0.05) is 38.6 Å². The first-order chi connectivity index (χ1) is 11.9. The number of carbonyl (C=O) groups is 1. The summed E-state index contributed by atoms with van der Waals surface area (Å²) >= 11 is 0. The molecule has 1 aromatic rings. The molecular weight excluding hydrogens is 344 g/mol. The van der Waals surface area contributed by atoms with Crippen LogP contribution in [-0.4, -0.2) is 66.9 Å². The summed E-state index contributed by atoms with van der Waals surface area (Å²) in [5, 5.41) is 0. The third kappa shape index (κ3) is 5.02. The van der Waals surface area contributed by atoms with Gasteiger partial charge in [-0.05, 0) is 31.6 Å². The number of rotatable bonds is 5. The van der Waals surface area contributed by atoms with Crippen LogP contribution in [0, 0.1) is 5.92 Å². The van der Waals surface area contributed by atoms with Crippen LogP contribution in [0.5, 0.6) is 0 Å². The number of ether oxygens (including phenoxy) is 1. The van der Waals surface area contributed by atoms with E-state index in [1.807, 2.05) is 4.90 Å². The summed E-state index contributed by atoms with van der Waals surface area (Å²) in [6.07, 6.45) is 9.61. The van der Waals surface area contributed by atoms with E-state index >= 15 is 0 Å². The summed E-state index contributed by atoms with van der Waals surface area (Å²) in [5.41, 5.74) is -0.214. The molecule has 0 aromatic carbocycles. The van der Waals surface area contributed by atoms with E-state index in [4.69, 9.17) is 4.74 Å². The lowest BCUT2D eigenvalue weighted by Gasteiger charge is -2.46. The Bertz CT molecular complexity index is 681. The van der Waals surface area contributed by atoms with E-state index in [1.54, 1.807) is 23.3 Å². The Labute approximate surface area is 148 Å². The molecule has 1 aromatic heterocycles. The number of aromatic nitrogens is 2. The van der Waals surface area contributed by atoms with Gasteiger partial charge in [-0.15, -0.1) is 0 Å². The molecule has 1 spiro atoms. The van der Waals surface area contributed by atoms with Crippen molar-refractivity contribution in [2.24, 2.45) is 5.92 Å². The van der Waals surface area contributed by atoms with E-state index in [1.165, 1.54) is 6.26 Å². The smallest absolute Gasteiger partial charge is 0.242 e. The Hall–Kier alpha value is -1.45. The molecule has 2 aliphatic heterocycles. The minimum absolute atomic E-state index is 0.0963. The Morgan fingerprint density at radius 3 is 2.80 bits per heavy atom. The van der Waals surface area contributed by atoms with Crippen molar-refractivity contribution in [3.05, 3.63) is 18.7 Å². The van der Waals surface area contributed by atoms with Crippen molar-refractivity contribution in [3.8, 4) is 0 Å². The van der Waals surface area contributed by atoms with Gasteiger partial charge in [-0.1, -0.05) is 0 Å². The average molecular weight is 370 g/mol. The lowest BCUT2D eigenvalue weighted by atomic mass is 9.79. The molecule has 2 saturated heterocycles. The van der Waals surface area contributed by atoms with Gasteiger partial charge in [0.25, 0.3) is 0 Å². The number of amides is 1. The van der Waals surface area contributed by atoms with Gasteiger partial charge >= 0.3 is 0 Å². The molecule has 1 unspecified atom stereocenters. The SMILES string of the molecule is CS(=O)(=O)NCC1CCOC2(CCN(C(=O)Cn3ccnc3)CC2)C1. The Morgan fingerprint density at radius 2 is 2.16 bits per heavy atom. The molecule has 1 N–H and O–H groups in total. The van der Waals surface area contributed by atoms with Crippen molar-refractivity contribution in [3.63, 3.8) is 0 Å². The third-order valence-corrected chi connectivity index (χ3v) is 5.82. The molecule has 25 heavy (non-hydrogen) atoms. The van der Waals surface area contributed by atoms with Crippen LogP contribution < -0.4 is 4.72 Å². The fourth-order valence-corrected chi connectivity index (χ4v) is 4.26. The molecular formula is C16H26N4O4S. The summed E-state index contributed by atoms with van der Waals surface area (Å²) in [7, 11) is -3.16. The van der Waals surface area contributed by atoms with E-state index in [0.717, 1.165) is 25.7 Å². The van der Waals surface area contributed by atoms with E-state index in [9.17, 15) is 13.2 Å². The molecule has 2 fully saturated rings. The van der Waals surface area contributed by atoms with Crippen LogP contribution in [0.3, 0.4) is 0 Å². The molecule has 3 heterocycles. The van der Waals surface area contributed by atoms with E-state index in [0.29, 0.717) is 32.8 Å². The van der Waals surface area contributed by atoms with Gasteiger partial charge in [-0.3, -0.25) is 4.79 Å². The van der Waals surface area contributed by atoms with E-state index in [2.05, 4.69) is 9.71 Å². The van der Waals surface area contributed by atoms with Crippen LogP contribution in [0.1, 0.15) is 25.7 Å². The zero-order valence-corrected chi connectivity index (χ0v) is 15.4. The second-order valence-electron chi connectivity index (χ2n) is 7.13. The number of likely N-dealkylation sites (tertiary alicyclic amines) is 1. The number of imidazole rings is 1. The normalized spacial score (nSPS) is 23.7. The van der Waals surface area contributed by atoms with Crippen LogP contribution in [0.2, 0.25) is 0 Å². The quantitative estimate of drug-likeness (QED) is 0.800. The molecule has 0 radical (unpaired) electrons. The summed E-state index contributed by atoms with van der Waals surface area (Å²) in [5.74, 6) is 0.385. The summed E-state index contributed by atoms with van der Waals surface area (Å²) in [6, 6.07) is 0. The molecule has 2 aliphatic rings. The topological polar surface area (TPSA) is 93.5 Å². The number of hydrogen-bond acceptors (Lipinski definition) is 5. The Balaban J connectivity index is 1.50. The first-order valence-corrected chi connectivity index (χ1v) is 10.6. The molecule has 0 saturated carbocycles. The van der Waals surface area contributed by atoms with Crippen molar-refractivity contribution < 1.29 is 17.9 Å². The number of nitrogens with one attached hydrogen (secondary N) is 1. The molecule has 9 heteroatoms. The number of hydrogen-bond donors (Lipinski definition) is 1. The monoisotopic (exact) mass is 370 g/mol. The van der Waals surface area contributed by atoms with Crippen molar-refractivity contribution in [1.82, 2.24) is 19.2 Å². The minimum atomic E-state index is -3.16. The predicted molar refractivity (Wildman–Crippen MR) is 92.3 cm³/mol. The second-order valence-corrected chi connectivity index (χ2v) is 8.96. The highest BCUT2D eigenvalue weighted by atomic mass is 32.2. The lowest BCUT2D eigenvalue weighted by Crippen LogP contribution is -2.52. The highest BCUT2D eigenvalue weighted by Gasteiger charge is 2.41. The first-order valence-electron chi connectivity index (χ1n) is 8.67. The largest absolute Gasteiger partial charge is 0.375 e. The van der Waals surface area contributed by atoms with Gasteiger partial charge in [-0.2, -0.15) is 0 Å². The van der Waals surface area contributed by atoms with Gasteiger partial charge in [0.05, 0.1) is 18.2 Å². The van der Waals surface area contributed by atoms with E-state index in [-0.39, 0.29) is 17.4 Å². The lowest BCUT2D eigenvalue weighted by molar-refractivity contribution is -0.147. The molecule has 0 aliphatic carbocycles. The highest BCUT2D eigenvalue weighted by Crippen LogP contribution is 2.37. The maximum absolute atomic E-state index is 12.4. The first kappa shape index (κ1) is 18.3. The zero-order chi connectivity index (χ0) is 17.9. The average Bonchev–Trinajstić information content (AvgIpc) is 3.06. The Morgan fingerprint density at radius 1 is 1.40 bits per heavy atom. The minimum Gasteiger partial charge on any atom is -0.375 e. The molecule has 3 rings (SSSR count). The molecule has 0 bridgehead atoms. The third-order valence-electron chi connectivity index (χ3n) is 5.13.